The first-order valence-electron chi connectivity index (χ1n) is 11.2. The summed E-state index contributed by atoms with van der Waals surface area (Å²) in [6, 6.07) is 22.7. The number of fused-ring (bicyclic) bond motifs is 3. The molecule has 7 heteroatoms. The third-order valence-electron chi connectivity index (χ3n) is 6.10. The molecule has 174 valence electrons. The number of carbonyl (C=O) groups is 3. The van der Waals surface area contributed by atoms with E-state index < -0.39 is 23.9 Å². The third kappa shape index (κ3) is 4.78. The molecule has 34 heavy (non-hydrogen) atoms. The van der Waals surface area contributed by atoms with Crippen LogP contribution in [0.4, 0.5) is 10.5 Å². The lowest BCUT2D eigenvalue weighted by Gasteiger charge is -2.16. The van der Waals surface area contributed by atoms with Gasteiger partial charge in [0.1, 0.15) is 6.61 Å². The molecule has 0 aromatic heterocycles. The lowest BCUT2D eigenvalue weighted by Crippen LogP contribution is -2.33. The fourth-order valence-electron chi connectivity index (χ4n) is 4.25. The summed E-state index contributed by atoms with van der Waals surface area (Å²) in [6.45, 7) is 1.91. The van der Waals surface area contributed by atoms with Gasteiger partial charge in [-0.2, -0.15) is 0 Å². The van der Waals surface area contributed by atoms with Gasteiger partial charge in [-0.05, 0) is 40.8 Å². The second-order valence-electron chi connectivity index (χ2n) is 8.15. The number of para-hydroxylation sites is 1. The maximum Gasteiger partial charge on any atom is 0.411 e. The highest BCUT2D eigenvalue weighted by Crippen LogP contribution is 2.44. The van der Waals surface area contributed by atoms with Crippen LogP contribution in [0.1, 0.15) is 40.7 Å². The highest BCUT2D eigenvalue weighted by atomic mass is 16.5. The first-order valence-corrected chi connectivity index (χ1v) is 11.2. The Hall–Kier alpha value is -4.13. The topological polar surface area (TPSA) is 105 Å². The molecule has 1 aliphatic carbocycles. The monoisotopic (exact) mass is 458 g/mol. The summed E-state index contributed by atoms with van der Waals surface area (Å²) in [4.78, 5) is 36.5. The predicted molar refractivity (Wildman–Crippen MR) is 129 cm³/mol. The molecule has 0 aliphatic heterocycles. The van der Waals surface area contributed by atoms with Crippen molar-refractivity contribution in [3.05, 3.63) is 89.5 Å². The quantitative estimate of drug-likeness (QED) is 0.446. The van der Waals surface area contributed by atoms with Crippen molar-refractivity contribution in [2.45, 2.75) is 19.3 Å². The number of anilines is 1. The average molecular weight is 459 g/mol. The van der Waals surface area contributed by atoms with Crippen LogP contribution in [0.25, 0.3) is 11.1 Å². The van der Waals surface area contributed by atoms with Gasteiger partial charge in [-0.15, -0.1) is 0 Å². The van der Waals surface area contributed by atoms with E-state index in [9.17, 15) is 19.5 Å². The molecule has 1 unspecified atom stereocenters. The van der Waals surface area contributed by atoms with Crippen molar-refractivity contribution in [1.29, 1.82) is 0 Å². The summed E-state index contributed by atoms with van der Waals surface area (Å²) < 4.78 is 5.57. The highest BCUT2D eigenvalue weighted by molar-refractivity contribution is 6.02. The number of ether oxygens (including phenoxy) is 1. The Kier molecular flexibility index (Phi) is 6.92. The minimum Gasteiger partial charge on any atom is -0.481 e. The normalized spacial score (nSPS) is 12.9. The van der Waals surface area contributed by atoms with Crippen molar-refractivity contribution in [3.63, 3.8) is 0 Å². The second kappa shape index (κ2) is 10.2. The minimum atomic E-state index is -0.965. The van der Waals surface area contributed by atoms with E-state index in [2.05, 4.69) is 22.8 Å². The molecule has 1 atom stereocenters. The molecule has 0 bridgehead atoms. The Morgan fingerprint density at radius 1 is 0.912 bits per heavy atom. The van der Waals surface area contributed by atoms with Gasteiger partial charge in [0.25, 0.3) is 5.91 Å². The molecule has 0 saturated carbocycles. The predicted octanol–water partition coefficient (Wildman–Crippen LogP) is 4.89. The fraction of sp³-hybridized carbons (Fsp3) is 0.222. The van der Waals surface area contributed by atoms with Crippen LogP contribution in [0, 0.1) is 5.92 Å². The van der Waals surface area contributed by atoms with Gasteiger partial charge in [0.15, 0.2) is 0 Å². The summed E-state index contributed by atoms with van der Waals surface area (Å²) in [6.07, 6.45) is -0.269. The van der Waals surface area contributed by atoms with Gasteiger partial charge in [0.05, 0.1) is 17.2 Å². The number of carbonyl (C=O) groups excluding carboxylic acids is 2. The Morgan fingerprint density at radius 3 is 2.12 bits per heavy atom. The molecule has 3 aromatic carbocycles. The molecular weight excluding hydrogens is 432 g/mol. The van der Waals surface area contributed by atoms with Gasteiger partial charge in [0, 0.05) is 12.5 Å². The lowest BCUT2D eigenvalue weighted by molar-refractivity contribution is -0.141. The molecule has 7 nitrogen and oxygen atoms in total. The van der Waals surface area contributed by atoms with Crippen LogP contribution in [0.2, 0.25) is 0 Å². The van der Waals surface area contributed by atoms with Crippen LogP contribution >= 0.6 is 0 Å². The average Bonchev–Trinajstić information content (AvgIpc) is 3.17. The van der Waals surface area contributed by atoms with Crippen LogP contribution in [-0.2, 0) is 9.53 Å². The first kappa shape index (κ1) is 23.0. The van der Waals surface area contributed by atoms with Crippen LogP contribution in [0.15, 0.2) is 72.8 Å². The van der Waals surface area contributed by atoms with Crippen LogP contribution in [0.3, 0.4) is 0 Å². The van der Waals surface area contributed by atoms with Gasteiger partial charge in [-0.1, -0.05) is 67.6 Å². The molecule has 0 saturated heterocycles. The molecule has 3 aromatic rings. The SMILES string of the molecule is CCC(CNC(=O)c1ccccc1NC(=O)OCC1c2ccccc2-c2ccccc21)C(=O)O. The largest absolute Gasteiger partial charge is 0.481 e. The first-order chi connectivity index (χ1) is 16.5. The van der Waals surface area contributed by atoms with E-state index >= 15 is 0 Å². The van der Waals surface area contributed by atoms with Crippen molar-refractivity contribution in [2.75, 3.05) is 18.5 Å². The summed E-state index contributed by atoms with van der Waals surface area (Å²) in [7, 11) is 0. The van der Waals surface area contributed by atoms with E-state index in [0.29, 0.717) is 12.1 Å². The summed E-state index contributed by atoms with van der Waals surface area (Å²) in [5.41, 5.74) is 5.03. The number of rotatable bonds is 8. The van der Waals surface area contributed by atoms with E-state index in [0.717, 1.165) is 22.3 Å². The lowest BCUT2D eigenvalue weighted by atomic mass is 9.98. The zero-order valence-electron chi connectivity index (χ0n) is 18.8. The van der Waals surface area contributed by atoms with E-state index in [1.165, 1.54) is 0 Å². The van der Waals surface area contributed by atoms with E-state index in [-0.39, 0.29) is 24.6 Å². The van der Waals surface area contributed by atoms with Crippen molar-refractivity contribution < 1.29 is 24.2 Å². The van der Waals surface area contributed by atoms with Crippen molar-refractivity contribution in [1.82, 2.24) is 5.32 Å². The maximum atomic E-state index is 12.6. The van der Waals surface area contributed by atoms with Gasteiger partial charge in [0.2, 0.25) is 0 Å². The number of amides is 2. The standard InChI is InChI=1S/C27H26N2O5/c1-2-17(26(31)32)15-28-25(30)22-13-7-8-14-24(22)29-27(33)34-16-23-20-11-5-3-9-18(20)19-10-4-6-12-21(19)23/h3-14,17,23H,2,15-16H2,1H3,(H,28,30)(H,29,33)(H,31,32). The van der Waals surface area contributed by atoms with Crippen LogP contribution in [0.5, 0.6) is 0 Å². The number of carboxylic acid groups (broad SMARTS) is 1. The Bertz CT molecular complexity index is 1180. The molecule has 3 N–H and O–H groups in total. The smallest absolute Gasteiger partial charge is 0.411 e. The fourth-order valence-corrected chi connectivity index (χ4v) is 4.25. The number of aliphatic carboxylic acids is 1. The molecule has 4 rings (SSSR count). The van der Waals surface area contributed by atoms with Crippen molar-refractivity contribution in [2.24, 2.45) is 5.92 Å². The minimum absolute atomic E-state index is 0.00391. The second-order valence-corrected chi connectivity index (χ2v) is 8.15. The number of nitrogens with one attached hydrogen (secondary N) is 2. The van der Waals surface area contributed by atoms with Crippen LogP contribution < -0.4 is 10.6 Å². The summed E-state index contributed by atoms with van der Waals surface area (Å²) in [5, 5.41) is 14.5. The third-order valence-corrected chi connectivity index (χ3v) is 6.10. The van der Waals surface area contributed by atoms with E-state index in [4.69, 9.17) is 4.74 Å². The maximum absolute atomic E-state index is 12.6. The molecule has 0 fully saturated rings. The summed E-state index contributed by atoms with van der Waals surface area (Å²) in [5.74, 6) is -2.17. The highest BCUT2D eigenvalue weighted by Gasteiger charge is 2.29. The van der Waals surface area contributed by atoms with Gasteiger partial charge >= 0.3 is 12.1 Å². The van der Waals surface area contributed by atoms with Crippen LogP contribution in [-0.4, -0.2) is 36.2 Å². The molecule has 2 amide bonds. The number of hydrogen-bond donors (Lipinski definition) is 3. The number of hydrogen-bond acceptors (Lipinski definition) is 4. The van der Waals surface area contributed by atoms with Gasteiger partial charge in [-0.25, -0.2) is 4.79 Å². The molecular formula is C27H26N2O5. The van der Waals surface area contributed by atoms with E-state index in [1.807, 2.05) is 36.4 Å². The Morgan fingerprint density at radius 2 is 1.50 bits per heavy atom. The number of carboxylic acids is 1. The summed E-state index contributed by atoms with van der Waals surface area (Å²) >= 11 is 0. The molecule has 0 radical (unpaired) electrons. The van der Waals surface area contributed by atoms with Gasteiger partial charge < -0.3 is 15.2 Å². The van der Waals surface area contributed by atoms with E-state index in [1.54, 1.807) is 31.2 Å². The Labute approximate surface area is 197 Å². The molecule has 0 spiro atoms. The van der Waals surface area contributed by atoms with Crippen molar-refractivity contribution in [3.8, 4) is 11.1 Å². The Balaban J connectivity index is 1.42. The van der Waals surface area contributed by atoms with Gasteiger partial charge in [-0.3, -0.25) is 14.9 Å². The zero-order chi connectivity index (χ0) is 24.1. The zero-order valence-corrected chi connectivity index (χ0v) is 18.8. The number of benzene rings is 3. The van der Waals surface area contributed by atoms with Crippen molar-refractivity contribution >= 4 is 23.7 Å². The molecule has 1 aliphatic rings. The molecule has 0 heterocycles.